The lowest BCUT2D eigenvalue weighted by molar-refractivity contribution is 0.640. The zero-order chi connectivity index (χ0) is 14.1. The minimum atomic E-state index is 0.0933. The summed E-state index contributed by atoms with van der Waals surface area (Å²) in [6, 6.07) is 10.1. The van der Waals surface area contributed by atoms with Gasteiger partial charge in [-0.2, -0.15) is 0 Å². The number of halogens is 2. The SMILES string of the molecule is CCNC(c1cc2sccc2s1)c1cc(Cl)ccc1Cl. The summed E-state index contributed by atoms with van der Waals surface area (Å²) in [6.07, 6.45) is 0. The van der Waals surface area contributed by atoms with Gasteiger partial charge in [0.1, 0.15) is 0 Å². The Bertz CT molecular complexity index is 704. The Morgan fingerprint density at radius 1 is 1.15 bits per heavy atom. The molecule has 0 aliphatic carbocycles. The van der Waals surface area contributed by atoms with Gasteiger partial charge in [-0.05, 0) is 47.8 Å². The summed E-state index contributed by atoms with van der Waals surface area (Å²) in [5.41, 5.74) is 1.04. The van der Waals surface area contributed by atoms with E-state index < -0.39 is 0 Å². The summed E-state index contributed by atoms with van der Waals surface area (Å²) < 4.78 is 2.65. The molecule has 3 rings (SSSR count). The van der Waals surface area contributed by atoms with Crippen molar-refractivity contribution in [3.05, 3.63) is 56.2 Å². The summed E-state index contributed by atoms with van der Waals surface area (Å²) in [4.78, 5) is 1.28. The lowest BCUT2D eigenvalue weighted by Crippen LogP contribution is -2.21. The van der Waals surface area contributed by atoms with E-state index in [4.69, 9.17) is 23.2 Å². The van der Waals surface area contributed by atoms with Crippen LogP contribution in [0, 0.1) is 0 Å². The Morgan fingerprint density at radius 3 is 2.75 bits per heavy atom. The van der Waals surface area contributed by atoms with Crippen LogP contribution in [0.5, 0.6) is 0 Å². The maximum atomic E-state index is 6.36. The van der Waals surface area contributed by atoms with Gasteiger partial charge in [-0.3, -0.25) is 0 Å². The predicted molar refractivity (Wildman–Crippen MR) is 91.7 cm³/mol. The molecule has 0 saturated heterocycles. The van der Waals surface area contributed by atoms with Crippen molar-refractivity contribution in [2.75, 3.05) is 6.54 Å². The molecule has 0 saturated carbocycles. The first-order chi connectivity index (χ1) is 9.69. The average molecular weight is 342 g/mol. The number of rotatable bonds is 4. The number of hydrogen-bond donors (Lipinski definition) is 1. The molecule has 1 nitrogen and oxygen atoms in total. The third kappa shape index (κ3) is 2.74. The van der Waals surface area contributed by atoms with Gasteiger partial charge in [0.05, 0.1) is 6.04 Å². The number of nitrogens with one attached hydrogen (secondary N) is 1. The van der Waals surface area contributed by atoms with Crippen LogP contribution in [-0.4, -0.2) is 6.54 Å². The quantitative estimate of drug-likeness (QED) is 0.616. The molecule has 1 N–H and O–H groups in total. The maximum Gasteiger partial charge on any atom is 0.0686 e. The molecular formula is C15H13Cl2NS2. The fourth-order valence-electron chi connectivity index (χ4n) is 2.23. The Morgan fingerprint density at radius 2 is 2.00 bits per heavy atom. The van der Waals surface area contributed by atoms with Crippen molar-refractivity contribution in [1.82, 2.24) is 5.32 Å². The molecule has 2 aromatic heterocycles. The van der Waals surface area contributed by atoms with Gasteiger partial charge in [-0.15, -0.1) is 22.7 Å². The molecule has 0 fully saturated rings. The minimum absolute atomic E-state index is 0.0933. The molecule has 1 atom stereocenters. The summed E-state index contributed by atoms with van der Waals surface area (Å²) in [5.74, 6) is 0. The molecule has 0 aliphatic heterocycles. The average Bonchev–Trinajstić information content (AvgIpc) is 3.00. The fourth-order valence-corrected chi connectivity index (χ4v) is 4.85. The minimum Gasteiger partial charge on any atom is -0.306 e. The zero-order valence-corrected chi connectivity index (χ0v) is 14.0. The highest BCUT2D eigenvalue weighted by Gasteiger charge is 2.19. The van der Waals surface area contributed by atoms with E-state index in [1.165, 1.54) is 14.3 Å². The second-order valence-corrected chi connectivity index (χ2v) is 7.36. The summed E-state index contributed by atoms with van der Waals surface area (Å²) in [7, 11) is 0. The molecule has 0 aliphatic rings. The van der Waals surface area contributed by atoms with Gasteiger partial charge in [0, 0.05) is 24.3 Å². The topological polar surface area (TPSA) is 12.0 Å². The van der Waals surface area contributed by atoms with Gasteiger partial charge < -0.3 is 5.32 Å². The van der Waals surface area contributed by atoms with Crippen molar-refractivity contribution in [1.29, 1.82) is 0 Å². The molecule has 0 radical (unpaired) electrons. The normalized spacial score (nSPS) is 12.9. The van der Waals surface area contributed by atoms with Gasteiger partial charge in [0.15, 0.2) is 0 Å². The second-order valence-electron chi connectivity index (χ2n) is 4.45. The molecule has 1 aromatic carbocycles. The third-order valence-corrected chi connectivity index (χ3v) is 5.86. The highest BCUT2D eigenvalue weighted by molar-refractivity contribution is 7.27. The highest BCUT2D eigenvalue weighted by atomic mass is 35.5. The third-order valence-electron chi connectivity index (χ3n) is 3.12. The molecular weight excluding hydrogens is 329 g/mol. The van der Waals surface area contributed by atoms with E-state index in [0.717, 1.165) is 17.1 Å². The molecule has 2 heterocycles. The van der Waals surface area contributed by atoms with Crippen LogP contribution >= 0.6 is 45.9 Å². The molecule has 0 amide bonds. The Labute approximate surface area is 136 Å². The number of hydrogen-bond acceptors (Lipinski definition) is 3. The van der Waals surface area contributed by atoms with Crippen molar-refractivity contribution in [2.24, 2.45) is 0 Å². The first-order valence-corrected chi connectivity index (χ1v) is 8.79. The van der Waals surface area contributed by atoms with Crippen LogP contribution in [0.3, 0.4) is 0 Å². The van der Waals surface area contributed by atoms with E-state index in [2.05, 4.69) is 29.8 Å². The van der Waals surface area contributed by atoms with E-state index in [1.807, 2.05) is 29.5 Å². The van der Waals surface area contributed by atoms with Crippen LogP contribution in [0.25, 0.3) is 9.40 Å². The first kappa shape index (κ1) is 14.4. The van der Waals surface area contributed by atoms with Crippen LogP contribution < -0.4 is 5.32 Å². The van der Waals surface area contributed by atoms with Crippen molar-refractivity contribution in [3.63, 3.8) is 0 Å². The molecule has 1 unspecified atom stereocenters. The van der Waals surface area contributed by atoms with Gasteiger partial charge in [-0.1, -0.05) is 30.1 Å². The zero-order valence-electron chi connectivity index (χ0n) is 10.8. The van der Waals surface area contributed by atoms with E-state index in [0.29, 0.717) is 5.02 Å². The fraction of sp³-hybridized carbons (Fsp3) is 0.200. The lowest BCUT2D eigenvalue weighted by atomic mass is 10.1. The Balaban J connectivity index is 2.08. The second kappa shape index (κ2) is 6.04. The van der Waals surface area contributed by atoms with Crippen molar-refractivity contribution < 1.29 is 0 Å². The molecule has 0 spiro atoms. The summed E-state index contributed by atoms with van der Waals surface area (Å²) in [5, 5.41) is 7.09. The standard InChI is InChI=1S/C15H13Cl2NS2/c1-2-18-15(10-7-9(16)3-4-11(10)17)14-8-13-12(20-14)5-6-19-13/h3-8,15,18H,2H2,1H3. The van der Waals surface area contributed by atoms with Crippen LogP contribution in [-0.2, 0) is 0 Å². The molecule has 20 heavy (non-hydrogen) atoms. The highest BCUT2D eigenvalue weighted by Crippen LogP contribution is 2.38. The van der Waals surface area contributed by atoms with Gasteiger partial charge >= 0.3 is 0 Å². The molecule has 0 bridgehead atoms. The monoisotopic (exact) mass is 341 g/mol. The largest absolute Gasteiger partial charge is 0.306 e. The molecule has 5 heteroatoms. The summed E-state index contributed by atoms with van der Waals surface area (Å²) >= 11 is 16.1. The van der Waals surface area contributed by atoms with Gasteiger partial charge in [0.25, 0.3) is 0 Å². The van der Waals surface area contributed by atoms with Crippen molar-refractivity contribution >= 4 is 55.3 Å². The Kier molecular flexibility index (Phi) is 4.34. The van der Waals surface area contributed by atoms with E-state index in [1.54, 1.807) is 11.3 Å². The molecule has 3 aromatic rings. The summed E-state index contributed by atoms with van der Waals surface area (Å²) in [6.45, 7) is 2.97. The van der Waals surface area contributed by atoms with Crippen molar-refractivity contribution in [3.8, 4) is 0 Å². The van der Waals surface area contributed by atoms with E-state index >= 15 is 0 Å². The number of fused-ring (bicyclic) bond motifs is 1. The Hall–Kier alpha value is -0.580. The maximum absolute atomic E-state index is 6.36. The molecule has 104 valence electrons. The van der Waals surface area contributed by atoms with Gasteiger partial charge in [-0.25, -0.2) is 0 Å². The lowest BCUT2D eigenvalue weighted by Gasteiger charge is -2.18. The van der Waals surface area contributed by atoms with Crippen LogP contribution in [0.1, 0.15) is 23.4 Å². The van der Waals surface area contributed by atoms with Gasteiger partial charge in [0.2, 0.25) is 0 Å². The smallest absolute Gasteiger partial charge is 0.0686 e. The predicted octanol–water partition coefficient (Wildman–Crippen LogP) is 5.97. The first-order valence-electron chi connectivity index (χ1n) is 6.34. The van der Waals surface area contributed by atoms with Crippen LogP contribution in [0.15, 0.2) is 35.7 Å². The van der Waals surface area contributed by atoms with E-state index in [-0.39, 0.29) is 6.04 Å². The van der Waals surface area contributed by atoms with Crippen LogP contribution in [0.4, 0.5) is 0 Å². The number of thiophene rings is 2. The van der Waals surface area contributed by atoms with Crippen molar-refractivity contribution in [2.45, 2.75) is 13.0 Å². The van der Waals surface area contributed by atoms with E-state index in [9.17, 15) is 0 Å². The number of benzene rings is 1. The van der Waals surface area contributed by atoms with Crippen LogP contribution in [0.2, 0.25) is 10.0 Å².